The van der Waals surface area contributed by atoms with E-state index in [0.29, 0.717) is 18.4 Å². The maximum absolute atomic E-state index is 15.6. The average molecular weight is 543 g/mol. The van der Waals surface area contributed by atoms with Gasteiger partial charge < -0.3 is 14.6 Å². The lowest BCUT2D eigenvalue weighted by Gasteiger charge is -2.65. The summed E-state index contributed by atoms with van der Waals surface area (Å²) in [5.41, 5.74) is -2.92. The number of halogens is 2. The van der Waals surface area contributed by atoms with E-state index in [1.165, 1.54) is 19.9 Å². The van der Waals surface area contributed by atoms with Crippen LogP contribution in [0.2, 0.25) is 0 Å². The molecule has 0 aromatic rings. The molecule has 0 spiro atoms. The molecule has 4 aliphatic rings. The first kappa shape index (κ1) is 25.5. The van der Waals surface area contributed by atoms with E-state index in [0.717, 1.165) is 0 Å². The van der Waals surface area contributed by atoms with Crippen LogP contribution in [0.5, 0.6) is 0 Å². The van der Waals surface area contributed by atoms with Gasteiger partial charge in [0.1, 0.15) is 6.17 Å². The third-order valence-corrected chi connectivity index (χ3v) is 11.3. The van der Waals surface area contributed by atoms with Gasteiger partial charge in [0.05, 0.1) is 10.4 Å². The number of hydrogen-bond donors (Lipinski definition) is 1. The van der Waals surface area contributed by atoms with E-state index in [2.05, 4.69) is 15.9 Å². The Hall–Kier alpha value is -1.61. The molecule has 0 radical (unpaired) electrons. The molecule has 8 atom stereocenters. The molecule has 3 unspecified atom stereocenters. The third kappa shape index (κ3) is 3.29. The number of hydrogen-bond acceptors (Lipinski definition) is 7. The van der Waals surface area contributed by atoms with Crippen molar-refractivity contribution in [2.24, 2.45) is 22.7 Å². The van der Waals surface area contributed by atoms with Gasteiger partial charge in [-0.15, -0.1) is 0 Å². The van der Waals surface area contributed by atoms with Crippen LogP contribution in [0.15, 0.2) is 11.6 Å². The zero-order valence-corrected chi connectivity index (χ0v) is 21.6. The molecular weight excluding hydrogens is 511 g/mol. The second-order valence-electron chi connectivity index (χ2n) is 10.9. The number of carbonyl (C=O) groups is 4. The molecule has 34 heavy (non-hydrogen) atoms. The largest absolute Gasteiger partial charge is 0.458 e. The Bertz CT molecular complexity index is 980. The monoisotopic (exact) mass is 542 g/mol. The molecule has 4 rings (SSSR count). The quantitative estimate of drug-likeness (QED) is 0.428. The van der Waals surface area contributed by atoms with Crippen molar-refractivity contribution >= 4 is 39.4 Å². The maximum atomic E-state index is 15.6. The van der Waals surface area contributed by atoms with Gasteiger partial charge in [-0.05, 0) is 55.6 Å². The molecule has 3 fully saturated rings. The number of rotatable bonds is 4. The zero-order valence-electron chi connectivity index (χ0n) is 20.0. The van der Waals surface area contributed by atoms with Crippen LogP contribution in [-0.2, 0) is 28.7 Å². The molecule has 0 heterocycles. The van der Waals surface area contributed by atoms with Crippen LogP contribution in [0.25, 0.3) is 0 Å². The molecular formula is C25H32BrFO7. The van der Waals surface area contributed by atoms with Crippen LogP contribution in [0.3, 0.4) is 0 Å². The number of aliphatic hydroxyl groups excluding tert-OH is 1. The van der Waals surface area contributed by atoms with Gasteiger partial charge >= 0.3 is 11.9 Å². The third-order valence-electron chi connectivity index (χ3n) is 9.32. The van der Waals surface area contributed by atoms with Crippen LogP contribution in [-0.4, -0.2) is 57.4 Å². The van der Waals surface area contributed by atoms with Gasteiger partial charge in [0.2, 0.25) is 5.78 Å². The Morgan fingerprint density at radius 2 is 1.85 bits per heavy atom. The van der Waals surface area contributed by atoms with Crippen molar-refractivity contribution < 1.29 is 38.1 Å². The Balaban J connectivity index is 1.80. The predicted octanol–water partition coefficient (Wildman–Crippen LogP) is 3.39. The van der Waals surface area contributed by atoms with E-state index in [1.807, 2.05) is 13.8 Å². The van der Waals surface area contributed by atoms with Crippen molar-refractivity contribution in [2.45, 2.75) is 88.4 Å². The second kappa shape index (κ2) is 8.22. The first-order chi connectivity index (χ1) is 15.7. The standard InChI is InChI=1S/C25H32BrFO7/c1-13(28)33-12-21(32)24(34-14(2)29)8-6-16-17-10-19(27)18-9-15(30)5-7-22(18,3)25(17,26)20(31)11-23(16,24)4/h9,16-17,19-20,31H,5-8,10-12H2,1-4H3/t16-,17-,19?,20?,22-,23-,24-,25?/m0/s1. The minimum atomic E-state index is -1.58. The molecule has 9 heteroatoms. The SMILES string of the molecule is CC(=O)OCC(=O)[C@@]1(OC(C)=O)CC[C@H]2[C@@H]3CC(F)C4=CC(=O)CC[C@]4(C)C3(Br)C(O)C[C@@]21C. The summed E-state index contributed by atoms with van der Waals surface area (Å²) in [7, 11) is 0. The molecule has 0 aromatic carbocycles. The molecule has 188 valence electrons. The van der Waals surface area contributed by atoms with Gasteiger partial charge in [-0.1, -0.05) is 29.8 Å². The molecule has 7 nitrogen and oxygen atoms in total. The number of alkyl halides is 2. The Labute approximate surface area is 206 Å². The van der Waals surface area contributed by atoms with Crippen LogP contribution >= 0.6 is 15.9 Å². The van der Waals surface area contributed by atoms with Gasteiger partial charge in [0.25, 0.3) is 0 Å². The van der Waals surface area contributed by atoms with Crippen molar-refractivity contribution in [1.82, 2.24) is 0 Å². The molecule has 0 aliphatic heterocycles. The smallest absolute Gasteiger partial charge is 0.303 e. The summed E-state index contributed by atoms with van der Waals surface area (Å²) < 4.78 is 25.4. The fourth-order valence-electron chi connectivity index (χ4n) is 7.76. The summed E-state index contributed by atoms with van der Waals surface area (Å²) in [4.78, 5) is 49.1. The highest BCUT2D eigenvalue weighted by Crippen LogP contribution is 2.72. The average Bonchev–Trinajstić information content (AvgIpc) is 3.02. The number of carbonyl (C=O) groups excluding carboxylic acids is 4. The zero-order chi connectivity index (χ0) is 25.3. The van der Waals surface area contributed by atoms with Crippen LogP contribution in [0.1, 0.15) is 66.2 Å². The summed E-state index contributed by atoms with van der Waals surface area (Å²) in [6.45, 7) is 5.61. The Morgan fingerprint density at radius 3 is 2.47 bits per heavy atom. The van der Waals surface area contributed by atoms with Crippen molar-refractivity contribution in [3.8, 4) is 0 Å². The molecule has 3 saturated carbocycles. The summed E-state index contributed by atoms with van der Waals surface area (Å²) in [5.74, 6) is -2.51. The topological polar surface area (TPSA) is 107 Å². The van der Waals surface area contributed by atoms with Gasteiger partial charge in [-0.2, -0.15) is 0 Å². The second-order valence-corrected chi connectivity index (χ2v) is 12.2. The van der Waals surface area contributed by atoms with Gasteiger partial charge in [0.15, 0.2) is 18.0 Å². The van der Waals surface area contributed by atoms with Gasteiger partial charge in [-0.25, -0.2) is 4.39 Å². The molecule has 4 aliphatic carbocycles. The number of fused-ring (bicyclic) bond motifs is 5. The lowest BCUT2D eigenvalue weighted by molar-refractivity contribution is -0.198. The van der Waals surface area contributed by atoms with Crippen molar-refractivity contribution in [2.75, 3.05) is 6.61 Å². The maximum Gasteiger partial charge on any atom is 0.303 e. The van der Waals surface area contributed by atoms with E-state index >= 15 is 4.39 Å². The lowest BCUT2D eigenvalue weighted by Crippen LogP contribution is -2.70. The van der Waals surface area contributed by atoms with Crippen molar-refractivity contribution in [3.05, 3.63) is 11.6 Å². The number of ketones is 2. The Morgan fingerprint density at radius 1 is 1.18 bits per heavy atom. The number of aliphatic hydroxyl groups is 1. The molecule has 0 aromatic heterocycles. The van der Waals surface area contributed by atoms with Crippen molar-refractivity contribution in [3.63, 3.8) is 0 Å². The summed E-state index contributed by atoms with van der Waals surface area (Å²) in [6.07, 6.45) is 0.672. The highest BCUT2D eigenvalue weighted by Gasteiger charge is 2.75. The summed E-state index contributed by atoms with van der Waals surface area (Å²) >= 11 is 3.89. The summed E-state index contributed by atoms with van der Waals surface area (Å²) in [5, 5.41) is 11.7. The molecule has 0 bridgehead atoms. The van der Waals surface area contributed by atoms with Gasteiger partial charge in [-0.3, -0.25) is 19.2 Å². The van der Waals surface area contributed by atoms with E-state index in [9.17, 15) is 24.3 Å². The normalized spacial score (nSPS) is 45.4. The predicted molar refractivity (Wildman–Crippen MR) is 123 cm³/mol. The van der Waals surface area contributed by atoms with E-state index in [-0.39, 0.29) is 43.3 Å². The van der Waals surface area contributed by atoms with Crippen LogP contribution in [0.4, 0.5) is 4.39 Å². The number of esters is 2. The van der Waals surface area contributed by atoms with Crippen LogP contribution in [0, 0.1) is 22.7 Å². The lowest BCUT2D eigenvalue weighted by atomic mass is 9.45. The number of ether oxygens (including phenoxy) is 2. The number of allylic oxidation sites excluding steroid dienone is 1. The van der Waals surface area contributed by atoms with E-state index in [4.69, 9.17) is 9.47 Å². The van der Waals surface area contributed by atoms with Crippen molar-refractivity contribution in [1.29, 1.82) is 0 Å². The molecule has 0 amide bonds. The molecule has 1 N–H and O–H groups in total. The highest BCUT2D eigenvalue weighted by atomic mass is 79.9. The van der Waals surface area contributed by atoms with E-state index < -0.39 is 57.4 Å². The van der Waals surface area contributed by atoms with E-state index in [1.54, 1.807) is 0 Å². The number of Topliss-reactive ketones (excluding diaryl/α,β-unsaturated/α-hetero) is 1. The highest BCUT2D eigenvalue weighted by molar-refractivity contribution is 9.10. The van der Waals surface area contributed by atoms with Gasteiger partial charge in [0, 0.05) is 31.1 Å². The first-order valence-corrected chi connectivity index (χ1v) is 12.6. The molecule has 0 saturated heterocycles. The first-order valence-electron chi connectivity index (χ1n) is 11.8. The minimum Gasteiger partial charge on any atom is -0.458 e. The fourth-order valence-corrected chi connectivity index (χ4v) is 8.85. The minimum absolute atomic E-state index is 0.0888. The fraction of sp³-hybridized carbons (Fsp3) is 0.760. The van der Waals surface area contributed by atoms with Crippen LogP contribution < -0.4 is 0 Å². The Kier molecular flexibility index (Phi) is 6.16. The summed E-state index contributed by atoms with van der Waals surface area (Å²) in [6, 6.07) is 0.